The van der Waals surface area contributed by atoms with Crippen molar-refractivity contribution in [3.63, 3.8) is 0 Å². The lowest BCUT2D eigenvalue weighted by Gasteiger charge is -2.40. The zero-order valence-corrected chi connectivity index (χ0v) is 28.8. The SMILES string of the molecule is CC(C)(C)OC(=O)N1CC(=O)N2c3cccc(c3)[C@@H](n3cnc(-c4cc(Cl)ccc4-n4cc(Cl)nn4)cc3=O)CCCCCNC(=O)[C@H]2C1. The maximum Gasteiger partial charge on any atom is 0.410 e. The van der Waals surface area contributed by atoms with Crippen molar-refractivity contribution in [3.8, 4) is 16.9 Å². The summed E-state index contributed by atoms with van der Waals surface area (Å²) in [4.78, 5) is 61.4. The molecule has 0 radical (unpaired) electrons. The second-order valence-corrected chi connectivity index (χ2v) is 13.9. The number of aromatic nitrogens is 5. The lowest BCUT2D eigenvalue weighted by Crippen LogP contribution is -2.63. The van der Waals surface area contributed by atoms with Gasteiger partial charge in [-0.05, 0) is 69.5 Å². The first-order valence-corrected chi connectivity index (χ1v) is 16.8. The molecule has 0 unspecified atom stereocenters. The van der Waals surface area contributed by atoms with E-state index < -0.39 is 29.7 Å². The Morgan fingerprint density at radius 2 is 1.82 bits per heavy atom. The average Bonchev–Trinajstić information content (AvgIpc) is 3.49. The summed E-state index contributed by atoms with van der Waals surface area (Å²) in [5.74, 6) is -0.776. The Labute approximate surface area is 292 Å². The first-order chi connectivity index (χ1) is 23.4. The molecular weight excluding hydrogens is 671 g/mol. The summed E-state index contributed by atoms with van der Waals surface area (Å²) in [7, 11) is 0. The average molecular weight is 708 g/mol. The highest BCUT2D eigenvalue weighted by Gasteiger charge is 2.41. The Kier molecular flexibility index (Phi) is 9.75. The maximum absolute atomic E-state index is 13.9. The third kappa shape index (κ3) is 7.62. The number of piperazine rings is 1. The van der Waals surface area contributed by atoms with Crippen LogP contribution in [-0.4, -0.2) is 78.6 Å². The van der Waals surface area contributed by atoms with Crippen LogP contribution in [0.5, 0.6) is 0 Å². The number of nitrogens with one attached hydrogen (secondary N) is 1. The Morgan fingerprint density at radius 1 is 1.00 bits per heavy atom. The number of hydrogen-bond acceptors (Lipinski definition) is 8. The number of carbonyl (C=O) groups excluding carboxylic acids is 3. The van der Waals surface area contributed by atoms with E-state index in [1.807, 2.05) is 12.1 Å². The van der Waals surface area contributed by atoms with E-state index in [-0.39, 0.29) is 29.7 Å². The monoisotopic (exact) mass is 706 g/mol. The van der Waals surface area contributed by atoms with E-state index in [2.05, 4.69) is 20.6 Å². The molecule has 3 amide bonds. The van der Waals surface area contributed by atoms with E-state index in [4.69, 9.17) is 27.9 Å². The van der Waals surface area contributed by atoms with Crippen LogP contribution in [-0.2, 0) is 14.3 Å². The number of nitrogens with zero attached hydrogens (tertiary/aromatic N) is 7. The fraction of sp³-hybridized carbons (Fsp3) is 0.382. The number of fused-ring (bicyclic) bond motifs is 4. The van der Waals surface area contributed by atoms with Crippen LogP contribution in [0.15, 0.2) is 65.8 Å². The summed E-state index contributed by atoms with van der Waals surface area (Å²) >= 11 is 12.4. The molecule has 4 aromatic rings. The topological polar surface area (TPSA) is 145 Å². The molecule has 0 spiro atoms. The van der Waals surface area contributed by atoms with Crippen LogP contribution < -0.4 is 15.8 Å². The van der Waals surface area contributed by atoms with Gasteiger partial charge in [-0.25, -0.2) is 14.5 Å². The van der Waals surface area contributed by atoms with Gasteiger partial charge in [-0.1, -0.05) is 53.4 Å². The Bertz CT molecular complexity index is 1950. The molecule has 1 fully saturated rings. The molecular formula is C34H36Cl2N8O5. The zero-order chi connectivity index (χ0) is 34.9. The number of hydrogen-bond donors (Lipinski definition) is 1. The van der Waals surface area contributed by atoms with Gasteiger partial charge in [0, 0.05) is 28.9 Å². The third-order valence-corrected chi connectivity index (χ3v) is 8.77. The molecule has 256 valence electrons. The number of carbonyl (C=O) groups is 3. The molecule has 2 aromatic heterocycles. The third-order valence-electron chi connectivity index (χ3n) is 8.36. The van der Waals surface area contributed by atoms with Gasteiger partial charge in [-0.3, -0.25) is 28.8 Å². The highest BCUT2D eigenvalue weighted by molar-refractivity contribution is 6.31. The first-order valence-electron chi connectivity index (χ1n) is 16.0. The molecule has 0 saturated carbocycles. The molecule has 15 heteroatoms. The van der Waals surface area contributed by atoms with E-state index in [1.165, 1.54) is 26.9 Å². The van der Waals surface area contributed by atoms with Crippen molar-refractivity contribution in [1.82, 2.24) is 34.8 Å². The van der Waals surface area contributed by atoms with Gasteiger partial charge in [0.2, 0.25) is 11.8 Å². The normalized spacial score (nSPS) is 18.9. The summed E-state index contributed by atoms with van der Waals surface area (Å²) in [6.45, 7) is 5.36. The van der Waals surface area contributed by atoms with Gasteiger partial charge in [0.05, 0.1) is 36.5 Å². The first kappa shape index (κ1) is 34.1. The number of anilines is 1. The van der Waals surface area contributed by atoms with Crippen LogP contribution in [0.25, 0.3) is 16.9 Å². The molecule has 1 N–H and O–H groups in total. The Morgan fingerprint density at radius 3 is 2.55 bits per heavy atom. The predicted molar refractivity (Wildman–Crippen MR) is 184 cm³/mol. The highest BCUT2D eigenvalue weighted by atomic mass is 35.5. The van der Waals surface area contributed by atoms with Crippen molar-refractivity contribution < 1.29 is 19.1 Å². The second kappa shape index (κ2) is 14.0. The van der Waals surface area contributed by atoms with Gasteiger partial charge < -0.3 is 10.1 Å². The predicted octanol–water partition coefficient (Wildman–Crippen LogP) is 5.03. The number of ether oxygens (including phenoxy) is 1. The van der Waals surface area contributed by atoms with Crippen molar-refractivity contribution in [3.05, 3.63) is 87.1 Å². The van der Waals surface area contributed by atoms with E-state index in [1.54, 1.807) is 61.9 Å². The van der Waals surface area contributed by atoms with Gasteiger partial charge in [0.1, 0.15) is 18.2 Å². The summed E-state index contributed by atoms with van der Waals surface area (Å²) in [6, 6.07) is 12.5. The Balaban J connectivity index is 1.36. The summed E-state index contributed by atoms with van der Waals surface area (Å²) in [5.41, 5.74) is 1.77. The van der Waals surface area contributed by atoms with Crippen molar-refractivity contribution in [2.45, 2.75) is 64.1 Å². The lowest BCUT2D eigenvalue weighted by molar-refractivity contribution is -0.130. The number of amides is 3. The van der Waals surface area contributed by atoms with E-state index in [0.29, 0.717) is 47.0 Å². The molecule has 49 heavy (non-hydrogen) atoms. The van der Waals surface area contributed by atoms with Crippen LogP contribution in [0, 0.1) is 0 Å². The minimum Gasteiger partial charge on any atom is -0.444 e. The smallest absolute Gasteiger partial charge is 0.410 e. The van der Waals surface area contributed by atoms with Crippen LogP contribution >= 0.6 is 23.2 Å². The zero-order valence-electron chi connectivity index (χ0n) is 27.3. The number of rotatable bonds is 3. The molecule has 2 aliphatic rings. The standard InChI is InChI=1S/C34H36Cl2N8O5/c1-34(2,3)49-33(48)41-17-28-32(47)37-13-6-4-5-10-26(21-8-7-9-23(14-21)44(28)31(46)19-41)42-20-38-25(16-30(42)45)24-15-22(35)11-12-27(24)43-18-29(36)39-40-43/h7-9,11-12,14-16,18,20,26,28H,4-6,10,13,17,19H2,1-3H3,(H,37,47)/t26-,28+/m0/s1. The minimum atomic E-state index is -0.973. The second-order valence-electron chi connectivity index (χ2n) is 13.1. The van der Waals surface area contributed by atoms with Crippen LogP contribution in [0.4, 0.5) is 10.5 Å². The maximum atomic E-state index is 13.9. The summed E-state index contributed by atoms with van der Waals surface area (Å²) in [6.07, 6.45) is 5.28. The molecule has 2 atom stereocenters. The van der Waals surface area contributed by atoms with Gasteiger partial charge in [0.25, 0.3) is 5.56 Å². The van der Waals surface area contributed by atoms with E-state index in [0.717, 1.165) is 18.4 Å². The van der Waals surface area contributed by atoms with E-state index in [9.17, 15) is 19.2 Å². The fourth-order valence-corrected chi connectivity index (χ4v) is 6.44. The van der Waals surface area contributed by atoms with E-state index >= 15 is 0 Å². The van der Waals surface area contributed by atoms with Crippen LogP contribution in [0.2, 0.25) is 10.2 Å². The van der Waals surface area contributed by atoms with Gasteiger partial charge in [-0.15, -0.1) is 5.10 Å². The van der Waals surface area contributed by atoms with Crippen molar-refractivity contribution in [1.29, 1.82) is 0 Å². The van der Waals surface area contributed by atoms with Crippen molar-refractivity contribution in [2.24, 2.45) is 0 Å². The van der Waals surface area contributed by atoms with Crippen molar-refractivity contribution in [2.75, 3.05) is 24.5 Å². The van der Waals surface area contributed by atoms with Crippen LogP contribution in [0.3, 0.4) is 0 Å². The molecule has 2 aliphatic heterocycles. The lowest BCUT2D eigenvalue weighted by atomic mass is 9.98. The van der Waals surface area contributed by atoms with Gasteiger partial charge in [0.15, 0.2) is 5.15 Å². The molecule has 0 aliphatic carbocycles. The molecule has 2 aromatic carbocycles. The van der Waals surface area contributed by atoms with Crippen LogP contribution in [0.1, 0.15) is 58.1 Å². The van der Waals surface area contributed by atoms with Gasteiger partial charge >= 0.3 is 6.09 Å². The molecule has 2 bridgehead atoms. The summed E-state index contributed by atoms with van der Waals surface area (Å²) in [5, 5.41) is 11.5. The molecule has 4 heterocycles. The van der Waals surface area contributed by atoms with Crippen molar-refractivity contribution >= 4 is 46.8 Å². The number of halogens is 2. The quantitative estimate of drug-likeness (QED) is 0.312. The minimum absolute atomic E-state index is 0.0305. The fourth-order valence-electron chi connectivity index (χ4n) is 6.14. The Hall–Kier alpha value is -4.75. The largest absolute Gasteiger partial charge is 0.444 e. The molecule has 13 nitrogen and oxygen atoms in total. The van der Waals surface area contributed by atoms with Gasteiger partial charge in [-0.2, -0.15) is 0 Å². The highest BCUT2D eigenvalue weighted by Crippen LogP contribution is 2.32. The molecule has 6 rings (SSSR count). The molecule has 1 saturated heterocycles. The summed E-state index contributed by atoms with van der Waals surface area (Å²) < 4.78 is 8.59. The number of benzene rings is 2.